The average molecular weight is 576 g/mol. The lowest BCUT2D eigenvalue weighted by atomic mass is 10.0. The summed E-state index contributed by atoms with van der Waals surface area (Å²) in [6.45, 7) is 8.35. The molecule has 9 nitrogen and oxygen atoms in total. The number of phenols is 1. The number of para-hydroxylation sites is 2. The van der Waals surface area contributed by atoms with Crippen LogP contribution in [0.4, 0.5) is 10.5 Å². The van der Waals surface area contributed by atoms with E-state index in [2.05, 4.69) is 17.6 Å². The molecule has 0 spiro atoms. The van der Waals surface area contributed by atoms with Crippen LogP contribution in [0.25, 0.3) is 0 Å². The number of benzene rings is 2. The zero-order valence-corrected chi connectivity index (χ0v) is 24.8. The van der Waals surface area contributed by atoms with E-state index in [1.165, 1.54) is 11.0 Å². The van der Waals surface area contributed by atoms with Gasteiger partial charge in [0, 0.05) is 12.1 Å². The Morgan fingerprint density at radius 2 is 1.70 bits per heavy atom. The summed E-state index contributed by atoms with van der Waals surface area (Å²) in [7, 11) is 0. The summed E-state index contributed by atoms with van der Waals surface area (Å²) in [4.78, 5) is 41.6. The Morgan fingerprint density at radius 1 is 1.02 bits per heavy atom. The van der Waals surface area contributed by atoms with Gasteiger partial charge in [-0.15, -0.1) is 0 Å². The monoisotopic (exact) mass is 575 g/mol. The molecule has 220 valence electrons. The van der Waals surface area contributed by atoms with Crippen molar-refractivity contribution in [2.75, 3.05) is 18.5 Å². The fourth-order valence-corrected chi connectivity index (χ4v) is 4.51. The topological polar surface area (TPSA) is 128 Å². The first-order valence-corrected chi connectivity index (χ1v) is 14.0. The van der Waals surface area contributed by atoms with Gasteiger partial charge in [-0.25, -0.2) is 4.79 Å². The molecule has 2 unspecified atom stereocenters. The van der Waals surface area contributed by atoms with E-state index in [1.807, 2.05) is 0 Å². The van der Waals surface area contributed by atoms with Crippen molar-refractivity contribution in [2.24, 2.45) is 0 Å². The zero-order valence-electron chi connectivity index (χ0n) is 24.0. The number of hydrogen-bond acceptors (Lipinski definition) is 6. The maximum Gasteiger partial charge on any atom is 0.408 e. The normalized spacial score (nSPS) is 12.8. The van der Waals surface area contributed by atoms with Gasteiger partial charge in [-0.1, -0.05) is 74.5 Å². The number of aryl methyl sites for hydroxylation is 1. The van der Waals surface area contributed by atoms with E-state index in [4.69, 9.17) is 16.3 Å². The molecule has 0 aromatic heterocycles. The fraction of sp³-hybridized carbons (Fsp3) is 0.500. The van der Waals surface area contributed by atoms with Crippen LogP contribution in [0, 0.1) is 6.92 Å². The molecule has 4 N–H and O–H groups in total. The van der Waals surface area contributed by atoms with Crippen molar-refractivity contribution in [3.63, 3.8) is 0 Å². The third-order valence-corrected chi connectivity index (χ3v) is 6.53. The lowest BCUT2D eigenvalue weighted by molar-refractivity contribution is -0.141. The van der Waals surface area contributed by atoms with Gasteiger partial charge in [0.1, 0.15) is 23.4 Å². The molecule has 0 aliphatic heterocycles. The van der Waals surface area contributed by atoms with Crippen molar-refractivity contribution in [1.82, 2.24) is 10.2 Å². The van der Waals surface area contributed by atoms with Crippen LogP contribution in [-0.4, -0.2) is 57.8 Å². The minimum atomic E-state index is -1.38. The number of ether oxygens (including phenoxy) is 1. The second-order valence-electron chi connectivity index (χ2n) is 10.7. The Labute approximate surface area is 241 Å². The molecule has 0 radical (unpaired) electrons. The zero-order chi connectivity index (χ0) is 29.9. The van der Waals surface area contributed by atoms with E-state index in [0.717, 1.165) is 25.7 Å². The number of alkyl carbamates (subject to hydrolysis) is 1. The molecule has 0 fully saturated rings. The van der Waals surface area contributed by atoms with Gasteiger partial charge < -0.3 is 30.5 Å². The number of carbonyl (C=O) groups excluding carboxylic acids is 3. The number of anilines is 1. The van der Waals surface area contributed by atoms with Gasteiger partial charge in [-0.05, 0) is 51.8 Å². The summed E-state index contributed by atoms with van der Waals surface area (Å²) >= 11 is 6.37. The van der Waals surface area contributed by atoms with Crippen LogP contribution < -0.4 is 10.6 Å². The van der Waals surface area contributed by atoms with Gasteiger partial charge in [0.15, 0.2) is 0 Å². The van der Waals surface area contributed by atoms with Crippen molar-refractivity contribution in [2.45, 2.75) is 84.4 Å². The number of nitrogens with one attached hydrogen (secondary N) is 2. The van der Waals surface area contributed by atoms with Gasteiger partial charge >= 0.3 is 6.09 Å². The highest BCUT2D eigenvalue weighted by Crippen LogP contribution is 2.33. The van der Waals surface area contributed by atoms with Crippen molar-refractivity contribution in [1.29, 1.82) is 0 Å². The van der Waals surface area contributed by atoms with Crippen LogP contribution in [0.1, 0.15) is 77.0 Å². The highest BCUT2D eigenvalue weighted by atomic mass is 35.5. The molecule has 2 aromatic rings. The number of aromatic hydroxyl groups is 1. The van der Waals surface area contributed by atoms with Crippen LogP contribution in [-0.2, 0) is 14.3 Å². The third kappa shape index (κ3) is 9.71. The lowest BCUT2D eigenvalue weighted by Gasteiger charge is -2.34. The molecule has 2 atom stereocenters. The molecule has 40 heavy (non-hydrogen) atoms. The standard InChI is InChI=1S/C30H42ClN3O6/c1-6-7-8-9-12-18-34(28(38)23(19-35)32-29(39)40-30(3,4)5)26(21-15-10-11-17-24(21)36)27(37)33-25-20(2)14-13-16-22(25)31/h10-11,13-17,23,26,35-36H,6-9,12,18-19H2,1-5H3,(H,32,39)(H,33,37). The summed E-state index contributed by atoms with van der Waals surface area (Å²) < 4.78 is 5.28. The maximum absolute atomic E-state index is 13.9. The van der Waals surface area contributed by atoms with E-state index in [1.54, 1.807) is 64.1 Å². The number of nitrogens with zero attached hydrogens (tertiary/aromatic N) is 1. The highest BCUT2D eigenvalue weighted by molar-refractivity contribution is 6.34. The summed E-state index contributed by atoms with van der Waals surface area (Å²) in [6.07, 6.45) is 3.51. The number of hydrogen-bond donors (Lipinski definition) is 4. The van der Waals surface area contributed by atoms with E-state index in [9.17, 15) is 24.6 Å². The van der Waals surface area contributed by atoms with Crippen molar-refractivity contribution in [3.05, 3.63) is 58.6 Å². The summed E-state index contributed by atoms with van der Waals surface area (Å²) in [5.41, 5.74) is 0.474. The maximum atomic E-state index is 13.9. The van der Waals surface area contributed by atoms with Crippen LogP contribution in [0.15, 0.2) is 42.5 Å². The fourth-order valence-electron chi connectivity index (χ4n) is 4.24. The van der Waals surface area contributed by atoms with Crippen LogP contribution in [0.5, 0.6) is 5.75 Å². The number of phenolic OH excluding ortho intramolecular Hbond substituents is 1. The summed E-state index contributed by atoms with van der Waals surface area (Å²) in [5, 5.41) is 26.4. The minimum Gasteiger partial charge on any atom is -0.508 e. The molecule has 2 aromatic carbocycles. The molecule has 10 heteroatoms. The Bertz CT molecular complexity index is 1130. The number of unbranched alkanes of at least 4 members (excludes halogenated alkanes) is 4. The second kappa shape index (κ2) is 15.5. The van der Waals surface area contributed by atoms with E-state index in [-0.39, 0.29) is 17.9 Å². The number of aliphatic hydroxyl groups excluding tert-OH is 1. The van der Waals surface area contributed by atoms with E-state index in [0.29, 0.717) is 22.7 Å². The summed E-state index contributed by atoms with van der Waals surface area (Å²) in [6, 6.07) is 8.79. The predicted octanol–water partition coefficient (Wildman–Crippen LogP) is 5.72. The number of amides is 3. The highest BCUT2D eigenvalue weighted by Gasteiger charge is 2.37. The first-order chi connectivity index (χ1) is 18.9. The first-order valence-electron chi connectivity index (χ1n) is 13.6. The van der Waals surface area contributed by atoms with Crippen molar-refractivity contribution in [3.8, 4) is 5.75 Å². The average Bonchev–Trinajstić information content (AvgIpc) is 2.88. The largest absolute Gasteiger partial charge is 0.508 e. The van der Waals surface area contributed by atoms with Crippen molar-refractivity contribution >= 4 is 35.2 Å². The molecule has 0 bridgehead atoms. The Hall–Kier alpha value is -3.30. The molecule has 0 aliphatic carbocycles. The summed E-state index contributed by atoms with van der Waals surface area (Å²) in [5.74, 6) is -1.47. The molecule has 3 amide bonds. The van der Waals surface area contributed by atoms with E-state index >= 15 is 0 Å². The molecule has 2 rings (SSSR count). The predicted molar refractivity (Wildman–Crippen MR) is 156 cm³/mol. The lowest BCUT2D eigenvalue weighted by Crippen LogP contribution is -2.54. The van der Waals surface area contributed by atoms with Crippen LogP contribution >= 0.6 is 11.6 Å². The quantitative estimate of drug-likeness (QED) is 0.226. The molecular formula is C30H42ClN3O6. The Kier molecular flexibility index (Phi) is 12.7. The second-order valence-corrected chi connectivity index (χ2v) is 11.1. The van der Waals surface area contributed by atoms with Gasteiger partial charge in [0.2, 0.25) is 5.91 Å². The van der Waals surface area contributed by atoms with E-state index < -0.39 is 42.2 Å². The van der Waals surface area contributed by atoms with Gasteiger partial charge in [0.05, 0.1) is 17.3 Å². The minimum absolute atomic E-state index is 0.142. The van der Waals surface area contributed by atoms with Gasteiger partial charge in [0.25, 0.3) is 5.91 Å². The number of rotatable bonds is 13. The first kappa shape index (κ1) is 32.9. The van der Waals surface area contributed by atoms with Crippen LogP contribution in [0.2, 0.25) is 5.02 Å². The van der Waals surface area contributed by atoms with Gasteiger partial charge in [-0.3, -0.25) is 9.59 Å². The molecule has 0 heterocycles. The van der Waals surface area contributed by atoms with Crippen LogP contribution in [0.3, 0.4) is 0 Å². The SMILES string of the molecule is CCCCCCCN(C(=O)C(CO)NC(=O)OC(C)(C)C)C(C(=O)Nc1c(C)cccc1Cl)c1ccccc1O. The Morgan fingerprint density at radius 3 is 2.30 bits per heavy atom. The van der Waals surface area contributed by atoms with Gasteiger partial charge in [-0.2, -0.15) is 0 Å². The molecule has 0 saturated carbocycles. The molecule has 0 saturated heterocycles. The third-order valence-electron chi connectivity index (χ3n) is 6.22. The smallest absolute Gasteiger partial charge is 0.408 e. The molecular weight excluding hydrogens is 534 g/mol. The number of halogens is 1. The number of carbonyl (C=O) groups is 3. The molecule has 0 aliphatic rings. The van der Waals surface area contributed by atoms with Crippen molar-refractivity contribution < 1.29 is 29.3 Å². The number of aliphatic hydroxyl groups is 1. The Balaban J connectivity index is 2.52.